The van der Waals surface area contributed by atoms with Crippen molar-refractivity contribution in [3.8, 4) is 5.75 Å². The Morgan fingerprint density at radius 3 is 3.22 bits per heavy atom. The fourth-order valence-electron chi connectivity index (χ4n) is 3.06. The molecule has 4 rings (SSSR count). The molecule has 1 aromatic carbocycles. The molecular weight excluding hydrogens is 228 g/mol. The van der Waals surface area contributed by atoms with E-state index in [1.807, 2.05) is 0 Å². The van der Waals surface area contributed by atoms with Gasteiger partial charge in [0.25, 0.3) is 0 Å². The largest absolute Gasteiger partial charge is 0.493 e. The number of fused-ring (bicyclic) bond motifs is 2. The van der Waals surface area contributed by atoms with Gasteiger partial charge < -0.3 is 14.5 Å². The minimum Gasteiger partial charge on any atom is -0.493 e. The van der Waals surface area contributed by atoms with Gasteiger partial charge in [-0.1, -0.05) is 17.3 Å². The molecule has 0 amide bonds. The molecule has 4 nitrogen and oxygen atoms in total. The normalized spacial score (nSPS) is 25.0. The summed E-state index contributed by atoms with van der Waals surface area (Å²) in [6, 6.07) is 6.63. The Morgan fingerprint density at radius 2 is 2.28 bits per heavy atom. The van der Waals surface area contributed by atoms with Crippen molar-refractivity contribution in [2.45, 2.75) is 18.8 Å². The summed E-state index contributed by atoms with van der Waals surface area (Å²) in [6.07, 6.45) is 2.04. The average Bonchev–Trinajstić information content (AvgIpc) is 3.04. The lowest BCUT2D eigenvalue weighted by atomic mass is 9.96. The molecule has 4 heteroatoms. The first kappa shape index (κ1) is 10.2. The number of benzene rings is 1. The first-order valence-corrected chi connectivity index (χ1v) is 6.59. The topological polar surface area (TPSA) is 34.1 Å². The number of oxime groups is 1. The molecule has 1 aromatic rings. The van der Waals surface area contributed by atoms with Gasteiger partial charge in [-0.15, -0.1) is 0 Å². The molecule has 0 aliphatic carbocycles. The molecular formula is C14H16N2O2. The summed E-state index contributed by atoms with van der Waals surface area (Å²) in [4.78, 5) is 7.51. The predicted octanol–water partition coefficient (Wildman–Crippen LogP) is 1.75. The molecule has 0 radical (unpaired) electrons. The third kappa shape index (κ3) is 1.55. The monoisotopic (exact) mass is 244 g/mol. The Kier molecular flexibility index (Phi) is 2.22. The molecule has 0 saturated carbocycles. The molecule has 18 heavy (non-hydrogen) atoms. The lowest BCUT2D eigenvalue weighted by Gasteiger charge is -2.21. The SMILES string of the molecule is c1cc2c(cc1[C@H]1CC3=NOCCN3C1)CCO2. The molecule has 1 saturated heterocycles. The maximum Gasteiger partial charge on any atom is 0.145 e. The predicted molar refractivity (Wildman–Crippen MR) is 68.0 cm³/mol. The van der Waals surface area contributed by atoms with E-state index < -0.39 is 0 Å². The van der Waals surface area contributed by atoms with Crippen LogP contribution >= 0.6 is 0 Å². The molecule has 0 spiro atoms. The van der Waals surface area contributed by atoms with Gasteiger partial charge >= 0.3 is 0 Å². The molecule has 0 bridgehead atoms. The summed E-state index contributed by atoms with van der Waals surface area (Å²) >= 11 is 0. The van der Waals surface area contributed by atoms with Crippen molar-refractivity contribution in [2.75, 3.05) is 26.3 Å². The van der Waals surface area contributed by atoms with E-state index in [0.717, 1.165) is 44.1 Å². The van der Waals surface area contributed by atoms with Crippen molar-refractivity contribution >= 4 is 5.84 Å². The van der Waals surface area contributed by atoms with E-state index in [0.29, 0.717) is 12.5 Å². The van der Waals surface area contributed by atoms with E-state index in [1.54, 1.807) is 0 Å². The van der Waals surface area contributed by atoms with Crippen molar-refractivity contribution < 1.29 is 9.57 Å². The summed E-state index contributed by atoms with van der Waals surface area (Å²) < 4.78 is 5.56. The molecule has 0 unspecified atom stereocenters. The Labute approximate surface area is 106 Å². The average molecular weight is 244 g/mol. The maximum absolute atomic E-state index is 5.56. The van der Waals surface area contributed by atoms with E-state index in [9.17, 15) is 0 Å². The minimum atomic E-state index is 0.552. The van der Waals surface area contributed by atoms with Crippen LogP contribution in [0.25, 0.3) is 0 Å². The first-order valence-electron chi connectivity index (χ1n) is 6.59. The van der Waals surface area contributed by atoms with Gasteiger partial charge in [-0.2, -0.15) is 0 Å². The van der Waals surface area contributed by atoms with Crippen LogP contribution in [0.1, 0.15) is 23.5 Å². The molecule has 0 N–H and O–H groups in total. The minimum absolute atomic E-state index is 0.552. The second kappa shape index (κ2) is 3.90. The van der Waals surface area contributed by atoms with E-state index in [1.165, 1.54) is 11.1 Å². The van der Waals surface area contributed by atoms with Crippen LogP contribution in [0.4, 0.5) is 0 Å². The van der Waals surface area contributed by atoms with E-state index in [2.05, 4.69) is 28.3 Å². The number of rotatable bonds is 1. The van der Waals surface area contributed by atoms with Crippen LogP contribution in [0.15, 0.2) is 23.4 Å². The quantitative estimate of drug-likeness (QED) is 0.755. The van der Waals surface area contributed by atoms with Crippen molar-refractivity contribution in [3.63, 3.8) is 0 Å². The van der Waals surface area contributed by atoms with E-state index >= 15 is 0 Å². The first-order chi connectivity index (χ1) is 8.90. The standard InChI is InChI=1S/C14H16N2O2/c1-2-13-11(3-5-17-13)7-10(1)12-8-14-15-18-6-4-16(14)9-12/h1-2,7,12H,3-6,8-9H2/t12-/m0/s1. The fraction of sp³-hybridized carbons (Fsp3) is 0.500. The zero-order valence-corrected chi connectivity index (χ0v) is 10.3. The summed E-state index contributed by atoms with van der Waals surface area (Å²) in [7, 11) is 0. The van der Waals surface area contributed by atoms with Crippen LogP contribution in [-0.4, -0.2) is 37.0 Å². The van der Waals surface area contributed by atoms with Gasteiger partial charge in [0.15, 0.2) is 0 Å². The summed E-state index contributed by atoms with van der Waals surface area (Å²) in [6.45, 7) is 3.59. The van der Waals surface area contributed by atoms with Gasteiger partial charge in [0.05, 0.1) is 13.2 Å². The summed E-state index contributed by atoms with van der Waals surface area (Å²) in [5, 5.41) is 4.16. The number of ether oxygens (including phenoxy) is 1. The maximum atomic E-state index is 5.56. The highest BCUT2D eigenvalue weighted by molar-refractivity contribution is 5.85. The Balaban J connectivity index is 1.61. The van der Waals surface area contributed by atoms with Crippen LogP contribution in [0.3, 0.4) is 0 Å². The van der Waals surface area contributed by atoms with Crippen molar-refractivity contribution in [3.05, 3.63) is 29.3 Å². The van der Waals surface area contributed by atoms with Crippen LogP contribution in [0.5, 0.6) is 5.75 Å². The zero-order valence-electron chi connectivity index (χ0n) is 10.3. The number of hydrogen-bond donors (Lipinski definition) is 0. The van der Waals surface area contributed by atoms with Crippen molar-refractivity contribution in [1.29, 1.82) is 0 Å². The second-order valence-electron chi connectivity index (χ2n) is 5.15. The van der Waals surface area contributed by atoms with Gasteiger partial charge in [0, 0.05) is 25.3 Å². The molecule has 0 aromatic heterocycles. The lowest BCUT2D eigenvalue weighted by Crippen LogP contribution is -2.32. The Bertz CT molecular complexity index is 513. The molecule has 1 fully saturated rings. The third-order valence-electron chi connectivity index (χ3n) is 4.04. The molecule has 3 aliphatic rings. The molecule has 94 valence electrons. The highest BCUT2D eigenvalue weighted by Gasteiger charge is 2.31. The Hall–Kier alpha value is -1.71. The van der Waals surface area contributed by atoms with Gasteiger partial charge in [0.1, 0.15) is 18.2 Å². The zero-order chi connectivity index (χ0) is 11.9. The second-order valence-corrected chi connectivity index (χ2v) is 5.15. The van der Waals surface area contributed by atoms with Crippen molar-refractivity contribution in [2.24, 2.45) is 5.16 Å². The number of nitrogens with zero attached hydrogens (tertiary/aromatic N) is 2. The van der Waals surface area contributed by atoms with Crippen LogP contribution < -0.4 is 4.74 Å². The Morgan fingerprint density at radius 1 is 1.28 bits per heavy atom. The van der Waals surface area contributed by atoms with E-state index in [-0.39, 0.29) is 0 Å². The highest BCUT2D eigenvalue weighted by atomic mass is 16.6. The lowest BCUT2D eigenvalue weighted by molar-refractivity contribution is 0.106. The fourth-order valence-corrected chi connectivity index (χ4v) is 3.06. The van der Waals surface area contributed by atoms with Gasteiger partial charge in [-0.05, 0) is 17.2 Å². The van der Waals surface area contributed by atoms with Gasteiger partial charge in [-0.3, -0.25) is 0 Å². The number of hydrogen-bond acceptors (Lipinski definition) is 4. The van der Waals surface area contributed by atoms with Gasteiger partial charge in [0.2, 0.25) is 0 Å². The third-order valence-corrected chi connectivity index (χ3v) is 4.04. The van der Waals surface area contributed by atoms with Gasteiger partial charge in [-0.25, -0.2) is 0 Å². The molecule has 3 heterocycles. The number of amidine groups is 1. The highest BCUT2D eigenvalue weighted by Crippen LogP contribution is 2.34. The molecule has 1 atom stereocenters. The summed E-state index contributed by atoms with van der Waals surface area (Å²) in [5.74, 6) is 2.73. The smallest absolute Gasteiger partial charge is 0.145 e. The van der Waals surface area contributed by atoms with Crippen molar-refractivity contribution in [1.82, 2.24) is 4.90 Å². The van der Waals surface area contributed by atoms with Crippen LogP contribution in [0, 0.1) is 0 Å². The van der Waals surface area contributed by atoms with Crippen LogP contribution in [0.2, 0.25) is 0 Å². The summed E-state index contributed by atoms with van der Waals surface area (Å²) in [5.41, 5.74) is 2.77. The molecule has 3 aliphatic heterocycles. The van der Waals surface area contributed by atoms with Crippen LogP contribution in [-0.2, 0) is 11.3 Å². The van der Waals surface area contributed by atoms with E-state index in [4.69, 9.17) is 9.57 Å².